The van der Waals surface area contributed by atoms with Crippen molar-refractivity contribution in [3.05, 3.63) is 191 Å². The van der Waals surface area contributed by atoms with Crippen LogP contribution in [0.2, 0.25) is 0 Å². The minimum atomic E-state index is -2.47. The molecule has 63 heavy (non-hydrogen) atoms. The largest absolute Gasteiger partial charge is 0.255 e. The van der Waals surface area contributed by atoms with E-state index in [9.17, 15) is 0 Å². The molecule has 1 aliphatic carbocycles. The number of fused-ring (bicyclic) bond motifs is 1. The smallest absolute Gasteiger partial charge is 0.149 e. The lowest BCUT2D eigenvalue weighted by Crippen LogP contribution is -2.54. The van der Waals surface area contributed by atoms with Gasteiger partial charge in [-0.15, -0.1) is 22.7 Å². The lowest BCUT2D eigenvalue weighted by Gasteiger charge is -2.26. The van der Waals surface area contributed by atoms with Gasteiger partial charge in [0.05, 0.1) is 0 Å². The third kappa shape index (κ3) is 7.60. The normalized spacial score (nSPS) is 14.5. The van der Waals surface area contributed by atoms with Crippen molar-refractivity contribution < 1.29 is 0 Å². The van der Waals surface area contributed by atoms with Crippen LogP contribution in [0.15, 0.2) is 114 Å². The second-order valence-electron chi connectivity index (χ2n) is 19.0. The molecule has 6 heteroatoms. The molecular formula is C57H59B2PS3. The zero-order valence-electron chi connectivity index (χ0n) is 39.3. The third-order valence-electron chi connectivity index (χ3n) is 13.9. The monoisotopic (exact) mass is 892 g/mol. The van der Waals surface area contributed by atoms with E-state index in [0.717, 1.165) is 12.8 Å². The Kier molecular flexibility index (Phi) is 11.8. The van der Waals surface area contributed by atoms with Gasteiger partial charge in [-0.2, -0.15) is 0 Å². The summed E-state index contributed by atoms with van der Waals surface area (Å²) in [7, 11) is 0. The number of benzene rings is 5. The average molecular weight is 893 g/mol. The van der Waals surface area contributed by atoms with Crippen molar-refractivity contribution in [2.45, 2.75) is 102 Å². The first kappa shape index (κ1) is 44.0. The van der Waals surface area contributed by atoms with Crippen LogP contribution >= 0.6 is 28.7 Å². The number of thiophene rings is 2. The van der Waals surface area contributed by atoms with E-state index < -0.39 is 6.04 Å². The van der Waals surface area contributed by atoms with E-state index in [1.807, 2.05) is 22.7 Å². The predicted molar refractivity (Wildman–Crippen MR) is 289 cm³/mol. The first-order chi connectivity index (χ1) is 30.1. The van der Waals surface area contributed by atoms with Crippen molar-refractivity contribution in [3.8, 4) is 0 Å². The molecule has 1 fully saturated rings. The van der Waals surface area contributed by atoms with Crippen molar-refractivity contribution in [2.75, 3.05) is 0 Å². The van der Waals surface area contributed by atoms with Crippen LogP contribution < -0.4 is 36.7 Å². The molecule has 1 aliphatic heterocycles. The Hall–Kier alpha value is -4.24. The van der Waals surface area contributed by atoms with Gasteiger partial charge in [0.1, 0.15) is 0 Å². The summed E-state index contributed by atoms with van der Waals surface area (Å²) >= 11 is 11.5. The molecule has 7 aromatic rings. The number of hydrogen-bond donors (Lipinski definition) is 0. The van der Waals surface area contributed by atoms with Crippen LogP contribution in [0.1, 0.15) is 95.8 Å². The van der Waals surface area contributed by atoms with Crippen LogP contribution in [0.3, 0.4) is 0 Å². The summed E-state index contributed by atoms with van der Waals surface area (Å²) in [5.74, 6) is 0. The Balaban J connectivity index is 1.23. The Morgan fingerprint density at radius 3 is 1.02 bits per heavy atom. The molecule has 0 unspecified atom stereocenters. The highest BCUT2D eigenvalue weighted by molar-refractivity contribution is 8.28. The van der Waals surface area contributed by atoms with Gasteiger partial charge in [-0.1, -0.05) is 191 Å². The summed E-state index contributed by atoms with van der Waals surface area (Å²) in [5.41, 5.74) is 25.0. The Bertz CT molecular complexity index is 2710. The van der Waals surface area contributed by atoms with Gasteiger partial charge in [-0.3, -0.25) is 0 Å². The second kappa shape index (κ2) is 17.0. The Labute approximate surface area is 391 Å². The van der Waals surface area contributed by atoms with Crippen LogP contribution in [0.4, 0.5) is 0 Å². The molecule has 1 saturated carbocycles. The molecule has 5 aromatic carbocycles. The van der Waals surface area contributed by atoms with Gasteiger partial charge >= 0.3 is 0 Å². The lowest BCUT2D eigenvalue weighted by atomic mass is 9.37. The highest BCUT2D eigenvalue weighted by Gasteiger charge is 2.45. The van der Waals surface area contributed by atoms with Crippen molar-refractivity contribution in [1.29, 1.82) is 0 Å². The molecule has 9 rings (SSSR count). The van der Waals surface area contributed by atoms with Crippen molar-refractivity contribution in [3.63, 3.8) is 0 Å². The van der Waals surface area contributed by atoms with Crippen LogP contribution in [-0.2, 0) is 11.8 Å². The van der Waals surface area contributed by atoms with E-state index in [1.165, 1.54) is 141 Å². The molecule has 0 nitrogen and oxygen atoms in total. The summed E-state index contributed by atoms with van der Waals surface area (Å²) in [5, 5.41) is 4.22. The maximum Gasteiger partial charge on any atom is 0.255 e. The van der Waals surface area contributed by atoms with E-state index in [0.29, 0.717) is 0 Å². The fraction of sp³-hybridized carbons (Fsp3) is 0.263. The van der Waals surface area contributed by atoms with Gasteiger partial charge < -0.3 is 0 Å². The minimum absolute atomic E-state index is 0.140. The fourth-order valence-electron chi connectivity index (χ4n) is 12.0. The standard InChI is InChI=1S/C57H59B2PS3/c1-33-25-37(5)52(38(6)26-33)58(53-39(7)27-34(2)28-40(53)8)50-23-21-48(62-50)56-46-19-16-20-47(46)57(60(56,61)45-17-14-13-15-18-45)49-22-24-51(63-49)59(54-41(9)29-35(3)30-42(54)10)55-43(11)31-36(4)32-44(55)12/h13-15,17-18,21-32H,16,19-20H2,1-12H3. The molecule has 0 amide bonds. The van der Waals surface area contributed by atoms with E-state index >= 15 is 0 Å². The topological polar surface area (TPSA) is 0 Å². The highest BCUT2D eigenvalue weighted by atomic mass is 32.4. The molecule has 0 N–H and O–H groups in total. The molecule has 0 radical (unpaired) electrons. The summed E-state index contributed by atoms with van der Waals surface area (Å²) in [4.78, 5) is 2.73. The lowest BCUT2D eigenvalue weighted by molar-refractivity contribution is 0.934. The van der Waals surface area contributed by atoms with Gasteiger partial charge in [0.2, 0.25) is 0 Å². The van der Waals surface area contributed by atoms with Crippen molar-refractivity contribution >= 4 is 101 Å². The Morgan fingerprint density at radius 1 is 0.413 bits per heavy atom. The zero-order valence-corrected chi connectivity index (χ0v) is 42.6. The van der Waals surface area contributed by atoms with E-state index in [-0.39, 0.29) is 13.4 Å². The third-order valence-corrected chi connectivity index (χ3v) is 21.6. The zero-order chi connectivity index (χ0) is 44.6. The average Bonchev–Trinajstić information content (AvgIpc) is 4.01. The first-order valence-corrected chi connectivity index (χ1v) is 27.1. The highest BCUT2D eigenvalue weighted by Crippen LogP contribution is 2.76. The molecule has 316 valence electrons. The van der Waals surface area contributed by atoms with E-state index in [2.05, 4.69) is 186 Å². The molecule has 2 aliphatic rings. The molecule has 0 spiro atoms. The van der Waals surface area contributed by atoms with Gasteiger partial charge in [-0.25, -0.2) is 0 Å². The summed E-state index contributed by atoms with van der Waals surface area (Å²) < 4.78 is 2.81. The maximum absolute atomic E-state index is 7.45. The quantitative estimate of drug-likeness (QED) is 0.103. The van der Waals surface area contributed by atoms with Gasteiger partial charge in [0.25, 0.3) is 13.4 Å². The summed E-state index contributed by atoms with van der Waals surface area (Å²) in [6.45, 7) is 27.7. The van der Waals surface area contributed by atoms with Crippen LogP contribution in [0, 0.1) is 83.1 Å². The van der Waals surface area contributed by atoms with Crippen molar-refractivity contribution in [1.82, 2.24) is 0 Å². The molecule has 0 bridgehead atoms. The summed E-state index contributed by atoms with van der Waals surface area (Å²) in [6, 6.07) is 37.6. The number of allylic oxidation sites excluding steroid dienone is 2. The first-order valence-electron chi connectivity index (χ1n) is 22.7. The van der Waals surface area contributed by atoms with Gasteiger partial charge in [0, 0.05) is 26.4 Å². The van der Waals surface area contributed by atoms with Crippen LogP contribution in [0.5, 0.6) is 0 Å². The SMILES string of the molecule is Cc1cc(C)c(B(c2ccc(C3=C4CCCC4=C(c4ccc(B(c5c(C)cc(C)cc5C)c5c(C)cc(C)cc5C)s4)P3(=S)c3ccccc3)s2)c2c(C)cc(C)cc2C)c(C)c1. The maximum atomic E-state index is 7.45. The van der Waals surface area contributed by atoms with Crippen LogP contribution in [0.25, 0.3) is 10.6 Å². The molecule has 0 saturated heterocycles. The molecule has 0 atom stereocenters. The number of rotatable bonds is 9. The number of aryl methyl sites for hydroxylation is 12. The summed E-state index contributed by atoms with van der Waals surface area (Å²) in [6.07, 6.45) is 3.36. The van der Waals surface area contributed by atoms with Crippen molar-refractivity contribution in [2.24, 2.45) is 0 Å². The molecular weight excluding hydrogens is 833 g/mol. The number of hydrogen-bond acceptors (Lipinski definition) is 3. The Morgan fingerprint density at radius 2 is 0.714 bits per heavy atom. The van der Waals surface area contributed by atoms with E-state index in [4.69, 9.17) is 11.8 Å². The minimum Gasteiger partial charge on any atom is -0.149 e. The van der Waals surface area contributed by atoms with Gasteiger partial charge in [0.15, 0.2) is 0 Å². The van der Waals surface area contributed by atoms with Gasteiger partial charge in [-0.05, 0) is 140 Å². The molecule has 3 heterocycles. The van der Waals surface area contributed by atoms with E-state index in [1.54, 1.807) is 0 Å². The second-order valence-corrected chi connectivity index (χ2v) is 25.5. The fourth-order valence-corrected chi connectivity index (χ4v) is 20.6. The van der Waals surface area contributed by atoms with Crippen LogP contribution in [-0.4, -0.2) is 13.4 Å². The molecule has 2 aromatic heterocycles. The predicted octanol–water partition coefficient (Wildman–Crippen LogP) is 11.7.